The lowest BCUT2D eigenvalue weighted by molar-refractivity contribution is 0.442. The van der Waals surface area contributed by atoms with E-state index in [2.05, 4.69) is 25.3 Å². The third kappa shape index (κ3) is 5.18. The summed E-state index contributed by atoms with van der Waals surface area (Å²) in [6.07, 6.45) is 5.02. The number of fused-ring (bicyclic) bond motifs is 1. The van der Waals surface area contributed by atoms with Gasteiger partial charge in [-0.1, -0.05) is 23.7 Å². The van der Waals surface area contributed by atoms with Gasteiger partial charge in [0, 0.05) is 29.6 Å². The van der Waals surface area contributed by atoms with Crippen molar-refractivity contribution in [2.45, 2.75) is 19.5 Å². The van der Waals surface area contributed by atoms with Crippen molar-refractivity contribution in [3.63, 3.8) is 0 Å². The number of aryl methyl sites for hydroxylation is 1. The van der Waals surface area contributed by atoms with Crippen LogP contribution in [0.3, 0.4) is 0 Å². The van der Waals surface area contributed by atoms with Crippen molar-refractivity contribution in [3.05, 3.63) is 94.3 Å². The smallest absolute Gasteiger partial charge is 0.321 e. The highest BCUT2D eigenvalue weighted by molar-refractivity contribution is 6.30. The van der Waals surface area contributed by atoms with E-state index < -0.39 is 12.2 Å². The summed E-state index contributed by atoms with van der Waals surface area (Å²) >= 11 is 6.05. The molecule has 0 fully saturated rings. The van der Waals surface area contributed by atoms with Crippen LogP contribution in [-0.2, 0) is 13.1 Å². The van der Waals surface area contributed by atoms with Crippen LogP contribution in [0.5, 0.6) is 11.8 Å². The van der Waals surface area contributed by atoms with Gasteiger partial charge in [0.2, 0.25) is 5.95 Å². The molecule has 11 heteroatoms. The Morgan fingerprint density at radius 1 is 1.00 bits per heavy atom. The zero-order valence-electron chi connectivity index (χ0n) is 19.0. The third-order valence-corrected chi connectivity index (χ3v) is 5.64. The molecule has 0 radical (unpaired) electrons. The first kappa shape index (κ1) is 23.4. The fourth-order valence-electron chi connectivity index (χ4n) is 3.69. The van der Waals surface area contributed by atoms with Crippen molar-refractivity contribution in [1.29, 1.82) is 0 Å². The van der Waals surface area contributed by atoms with E-state index in [0.29, 0.717) is 46.7 Å². The van der Waals surface area contributed by atoms with Crippen LogP contribution in [0.4, 0.5) is 16.0 Å². The summed E-state index contributed by atoms with van der Waals surface area (Å²) in [5.74, 6) is 0.874. The van der Waals surface area contributed by atoms with Gasteiger partial charge in [-0.05, 0) is 54.4 Å². The first-order valence-corrected chi connectivity index (χ1v) is 11.6. The monoisotopic (exact) mass is 505 g/mol. The second-order valence-corrected chi connectivity index (χ2v) is 8.33. The average molecular weight is 506 g/mol. The fraction of sp³-hybridized carbons (Fsp3) is 0.160. The highest BCUT2D eigenvalue weighted by Gasteiger charge is 2.17. The molecule has 0 spiro atoms. The molecule has 3 heterocycles. The van der Waals surface area contributed by atoms with Crippen molar-refractivity contribution in [2.24, 2.45) is 0 Å². The van der Waals surface area contributed by atoms with Gasteiger partial charge in [0.15, 0.2) is 11.2 Å². The van der Waals surface area contributed by atoms with E-state index in [0.717, 1.165) is 5.56 Å². The summed E-state index contributed by atoms with van der Waals surface area (Å²) in [4.78, 5) is 29.8. The quantitative estimate of drug-likeness (QED) is 0.301. The summed E-state index contributed by atoms with van der Waals surface area (Å²) in [5, 5.41) is 3.83. The summed E-state index contributed by atoms with van der Waals surface area (Å²) < 4.78 is 21.9. The molecule has 0 saturated carbocycles. The van der Waals surface area contributed by atoms with Crippen LogP contribution in [0.2, 0.25) is 5.02 Å². The van der Waals surface area contributed by atoms with E-state index >= 15 is 0 Å². The Hall–Kier alpha value is -4.31. The van der Waals surface area contributed by atoms with Gasteiger partial charge in [-0.25, -0.2) is 15.0 Å². The fourth-order valence-corrected chi connectivity index (χ4v) is 3.82. The van der Waals surface area contributed by atoms with E-state index in [9.17, 15) is 9.18 Å². The van der Waals surface area contributed by atoms with E-state index in [1.54, 1.807) is 65.8 Å². The number of aromatic nitrogens is 6. The summed E-state index contributed by atoms with van der Waals surface area (Å²) in [7, 11) is 0. The molecule has 0 aliphatic rings. The molecule has 36 heavy (non-hydrogen) atoms. The number of rotatable bonds is 9. The molecule has 0 unspecified atom stereocenters. The first-order chi connectivity index (χ1) is 17.6. The normalized spacial score (nSPS) is 11.1. The third-order valence-electron chi connectivity index (χ3n) is 5.39. The number of imidazole rings is 1. The van der Waals surface area contributed by atoms with E-state index in [4.69, 9.17) is 16.3 Å². The van der Waals surface area contributed by atoms with Crippen LogP contribution >= 0.6 is 11.6 Å². The molecule has 0 aliphatic carbocycles. The average Bonchev–Trinajstić information content (AvgIpc) is 3.32. The van der Waals surface area contributed by atoms with Gasteiger partial charge < -0.3 is 14.6 Å². The van der Waals surface area contributed by atoms with Gasteiger partial charge in [-0.15, -0.1) is 0 Å². The van der Waals surface area contributed by atoms with Crippen molar-refractivity contribution < 1.29 is 9.13 Å². The van der Waals surface area contributed by atoms with Gasteiger partial charge in [0.05, 0.1) is 19.5 Å². The maximum Gasteiger partial charge on any atom is 0.321 e. The molecule has 5 aromatic rings. The van der Waals surface area contributed by atoms with Crippen LogP contribution < -0.4 is 15.6 Å². The molecule has 3 aromatic heterocycles. The second kappa shape index (κ2) is 10.5. The molecular formula is C25H21ClFN7O2. The lowest BCUT2D eigenvalue weighted by Gasteiger charge is -2.16. The topological polar surface area (TPSA) is 99.8 Å². The van der Waals surface area contributed by atoms with Gasteiger partial charge in [0.1, 0.15) is 5.75 Å². The Morgan fingerprint density at radius 2 is 1.75 bits per heavy atom. The van der Waals surface area contributed by atoms with Crippen LogP contribution in [0.1, 0.15) is 12.0 Å². The molecule has 0 saturated heterocycles. The Bertz CT molecular complexity index is 1520. The predicted octanol–water partition coefficient (Wildman–Crippen LogP) is 4.98. The number of anilines is 2. The lowest BCUT2D eigenvalue weighted by Crippen LogP contribution is -2.20. The molecule has 0 amide bonds. The molecule has 0 aliphatic heterocycles. The lowest BCUT2D eigenvalue weighted by atomic mass is 10.2. The standard InChI is InChI=1S/C25H21ClFN7O2/c26-18-5-3-17(4-6-18)15-34-22-21(33(16-30-22)14-1-11-27)23(35)32-24(34)31-19-7-9-20(10-8-19)36-25-28-12-2-13-29-25/h2-10,12-13,16H,1,11,14-15H2,(H,31,32,35). The second-order valence-electron chi connectivity index (χ2n) is 7.89. The molecule has 0 bridgehead atoms. The van der Waals surface area contributed by atoms with Crippen molar-refractivity contribution in [2.75, 3.05) is 12.0 Å². The molecular weight excluding hydrogens is 485 g/mol. The van der Waals surface area contributed by atoms with E-state index in [1.807, 2.05) is 16.7 Å². The number of ether oxygens (including phenoxy) is 1. The van der Waals surface area contributed by atoms with Crippen LogP contribution in [-0.4, -0.2) is 35.7 Å². The summed E-state index contributed by atoms with van der Waals surface area (Å²) in [5.41, 5.74) is 1.96. The first-order valence-electron chi connectivity index (χ1n) is 11.2. The number of hydrogen-bond acceptors (Lipinski definition) is 7. The number of benzene rings is 2. The number of hydrogen-bond donors (Lipinski definition) is 1. The molecule has 1 N–H and O–H groups in total. The maximum atomic E-state index is 13.0. The molecule has 0 atom stereocenters. The van der Waals surface area contributed by atoms with Crippen molar-refractivity contribution >= 4 is 34.4 Å². The van der Waals surface area contributed by atoms with Gasteiger partial charge in [0.25, 0.3) is 0 Å². The zero-order valence-corrected chi connectivity index (χ0v) is 19.8. The highest BCUT2D eigenvalue weighted by Crippen LogP contribution is 2.24. The summed E-state index contributed by atoms with van der Waals surface area (Å²) in [6, 6.07) is 16.4. The number of nitrogens with zero attached hydrogens (tertiary/aromatic N) is 6. The van der Waals surface area contributed by atoms with Gasteiger partial charge >= 0.3 is 11.6 Å². The van der Waals surface area contributed by atoms with E-state index in [-0.39, 0.29) is 12.4 Å². The molecule has 182 valence electrons. The van der Waals surface area contributed by atoms with Gasteiger partial charge in [-0.3, -0.25) is 13.8 Å². The number of halogens is 2. The maximum absolute atomic E-state index is 13.0. The Kier molecular flexibility index (Phi) is 6.85. The van der Waals surface area contributed by atoms with E-state index in [1.165, 1.54) is 0 Å². The Labute approximate surface area is 210 Å². The van der Waals surface area contributed by atoms with Crippen molar-refractivity contribution in [3.8, 4) is 11.8 Å². The zero-order chi connectivity index (χ0) is 24.9. The largest absolute Gasteiger partial charge is 0.424 e. The van der Waals surface area contributed by atoms with Gasteiger partial charge in [-0.2, -0.15) is 4.98 Å². The number of alkyl halides is 1. The molecule has 9 nitrogen and oxygen atoms in total. The highest BCUT2D eigenvalue weighted by atomic mass is 35.5. The minimum absolute atomic E-state index is 0.241. The predicted molar refractivity (Wildman–Crippen MR) is 135 cm³/mol. The molecule has 5 rings (SSSR count). The Balaban J connectivity index is 1.49. The minimum Gasteiger partial charge on any atom is -0.424 e. The molecule has 2 aromatic carbocycles. The Morgan fingerprint density at radius 3 is 2.47 bits per heavy atom. The summed E-state index contributed by atoms with van der Waals surface area (Å²) in [6.45, 7) is 0.238. The number of nitrogens with one attached hydrogen (secondary N) is 1. The minimum atomic E-state index is -0.484. The van der Waals surface area contributed by atoms with Crippen LogP contribution in [0.15, 0.2) is 78.1 Å². The van der Waals surface area contributed by atoms with Crippen LogP contribution in [0.25, 0.3) is 11.2 Å². The van der Waals surface area contributed by atoms with Crippen molar-refractivity contribution in [1.82, 2.24) is 29.1 Å². The van der Waals surface area contributed by atoms with Crippen LogP contribution in [0, 0.1) is 0 Å². The SMILES string of the molecule is O=c1nc(Nc2ccc(Oc3ncccn3)cc2)n(Cc2ccc(Cl)cc2)c2ncn(CCCF)c12.